The van der Waals surface area contributed by atoms with Crippen molar-refractivity contribution in [1.29, 1.82) is 0 Å². The van der Waals surface area contributed by atoms with E-state index in [1.807, 2.05) is 0 Å². The van der Waals surface area contributed by atoms with Crippen molar-refractivity contribution in [2.75, 3.05) is 10.6 Å². The molecule has 0 spiro atoms. The second-order valence-electron chi connectivity index (χ2n) is 9.18. The largest absolute Gasteiger partial charge is 0.456 e. The fourth-order valence-electron chi connectivity index (χ4n) is 3.87. The van der Waals surface area contributed by atoms with Gasteiger partial charge in [-0.15, -0.1) is 0 Å². The SMILES string of the molecule is CC(=O)Nc1ccc(Oc2ccc(CS(=O)(=O)Cc3ccc(Oc4ccc(NC(C)=O)cc4)c(Cl)c3)cc2Cl)cc1. The van der Waals surface area contributed by atoms with Crippen LogP contribution >= 0.6 is 23.2 Å². The van der Waals surface area contributed by atoms with Gasteiger partial charge in [-0.1, -0.05) is 35.3 Å². The molecule has 41 heavy (non-hydrogen) atoms. The molecule has 0 unspecified atom stereocenters. The van der Waals surface area contributed by atoms with Gasteiger partial charge in [-0.05, 0) is 83.9 Å². The fourth-order valence-corrected chi connectivity index (χ4v) is 5.83. The minimum atomic E-state index is -3.56. The Hall–Kier alpha value is -4.05. The first kappa shape index (κ1) is 29.9. The number of benzene rings is 4. The van der Waals surface area contributed by atoms with Crippen LogP contribution in [0.15, 0.2) is 84.9 Å². The van der Waals surface area contributed by atoms with Crippen LogP contribution in [0, 0.1) is 0 Å². The molecule has 0 saturated carbocycles. The summed E-state index contributed by atoms with van der Waals surface area (Å²) in [5.74, 6) is 0.943. The molecule has 0 aliphatic heterocycles. The van der Waals surface area contributed by atoms with E-state index in [-0.39, 0.29) is 33.4 Å². The third-order valence-electron chi connectivity index (χ3n) is 5.57. The molecule has 0 aliphatic rings. The van der Waals surface area contributed by atoms with Crippen LogP contribution in [0.3, 0.4) is 0 Å². The third-order valence-corrected chi connectivity index (χ3v) is 7.71. The summed E-state index contributed by atoms with van der Waals surface area (Å²) < 4.78 is 37.5. The molecule has 0 aliphatic carbocycles. The quantitative estimate of drug-likeness (QED) is 0.191. The highest BCUT2D eigenvalue weighted by Crippen LogP contribution is 2.33. The maximum Gasteiger partial charge on any atom is 0.221 e. The average molecular weight is 614 g/mol. The Morgan fingerprint density at radius 1 is 0.634 bits per heavy atom. The minimum absolute atomic E-state index is 0.176. The van der Waals surface area contributed by atoms with Crippen molar-refractivity contribution < 1.29 is 27.5 Å². The van der Waals surface area contributed by atoms with Gasteiger partial charge in [0.25, 0.3) is 0 Å². The van der Waals surface area contributed by atoms with E-state index in [2.05, 4.69) is 10.6 Å². The number of carbonyl (C=O) groups excluding carboxylic acids is 2. The van der Waals surface area contributed by atoms with Gasteiger partial charge in [-0.25, -0.2) is 8.42 Å². The Balaban J connectivity index is 1.37. The second-order valence-corrected chi connectivity index (χ2v) is 12.1. The summed E-state index contributed by atoms with van der Waals surface area (Å²) in [6, 6.07) is 23.2. The molecule has 11 heteroatoms. The second kappa shape index (κ2) is 13.1. The Bertz CT molecular complexity index is 1560. The fraction of sp³-hybridized carbons (Fsp3) is 0.133. The van der Waals surface area contributed by atoms with E-state index in [1.165, 1.54) is 13.8 Å². The molecule has 4 rings (SSSR count). The van der Waals surface area contributed by atoms with E-state index in [9.17, 15) is 18.0 Å². The smallest absolute Gasteiger partial charge is 0.221 e. The lowest BCUT2D eigenvalue weighted by Crippen LogP contribution is -2.08. The molecule has 212 valence electrons. The third kappa shape index (κ3) is 8.97. The minimum Gasteiger partial charge on any atom is -0.456 e. The summed E-state index contributed by atoms with van der Waals surface area (Å²) >= 11 is 12.8. The van der Waals surface area contributed by atoms with Gasteiger partial charge in [0.1, 0.15) is 23.0 Å². The molecule has 4 aromatic rings. The molecule has 2 amide bonds. The van der Waals surface area contributed by atoms with Gasteiger partial charge in [0.15, 0.2) is 9.84 Å². The van der Waals surface area contributed by atoms with Crippen molar-refractivity contribution >= 4 is 56.2 Å². The number of hydrogen-bond acceptors (Lipinski definition) is 6. The number of sulfone groups is 1. The van der Waals surface area contributed by atoms with Crippen LogP contribution in [0.5, 0.6) is 23.0 Å². The molecular formula is C30H26Cl2N2O6S. The summed E-state index contributed by atoms with van der Waals surface area (Å²) in [6.07, 6.45) is 0. The zero-order valence-electron chi connectivity index (χ0n) is 22.1. The van der Waals surface area contributed by atoms with E-state index in [0.29, 0.717) is 45.5 Å². The lowest BCUT2D eigenvalue weighted by molar-refractivity contribution is -0.115. The Morgan fingerprint density at radius 2 is 1.00 bits per heavy atom. The van der Waals surface area contributed by atoms with E-state index >= 15 is 0 Å². The van der Waals surface area contributed by atoms with Gasteiger partial charge in [-0.3, -0.25) is 9.59 Å². The first-order valence-electron chi connectivity index (χ1n) is 12.3. The van der Waals surface area contributed by atoms with Gasteiger partial charge >= 0.3 is 0 Å². The molecule has 0 saturated heterocycles. The molecule has 0 aromatic heterocycles. The number of hydrogen-bond donors (Lipinski definition) is 2. The summed E-state index contributed by atoms with van der Waals surface area (Å²) in [5, 5.41) is 5.87. The molecule has 0 radical (unpaired) electrons. The lowest BCUT2D eigenvalue weighted by atomic mass is 10.2. The Labute approximate surface area is 248 Å². The van der Waals surface area contributed by atoms with Gasteiger partial charge < -0.3 is 20.1 Å². The number of anilines is 2. The number of ether oxygens (including phenoxy) is 2. The number of amides is 2. The molecule has 0 heterocycles. The van der Waals surface area contributed by atoms with Crippen LogP contribution in [-0.4, -0.2) is 20.2 Å². The lowest BCUT2D eigenvalue weighted by Gasteiger charge is -2.12. The summed E-state index contributed by atoms with van der Waals surface area (Å²) in [6.45, 7) is 2.85. The van der Waals surface area contributed by atoms with E-state index in [0.717, 1.165) is 0 Å². The van der Waals surface area contributed by atoms with Gasteiger partial charge in [0, 0.05) is 25.2 Å². The van der Waals surface area contributed by atoms with Crippen molar-refractivity contribution in [1.82, 2.24) is 0 Å². The Morgan fingerprint density at radius 3 is 1.32 bits per heavy atom. The van der Waals surface area contributed by atoms with E-state index < -0.39 is 9.84 Å². The topological polar surface area (TPSA) is 111 Å². The van der Waals surface area contributed by atoms with Crippen molar-refractivity contribution in [3.63, 3.8) is 0 Å². The molecule has 0 fully saturated rings. The first-order valence-corrected chi connectivity index (χ1v) is 14.9. The normalized spacial score (nSPS) is 11.0. The number of nitrogens with one attached hydrogen (secondary N) is 2. The summed E-state index contributed by atoms with van der Waals surface area (Å²) in [5.41, 5.74) is 2.29. The predicted octanol–water partition coefficient (Wildman–Crippen LogP) is 7.61. The van der Waals surface area contributed by atoms with E-state index in [1.54, 1.807) is 84.9 Å². The molecule has 8 nitrogen and oxygen atoms in total. The highest BCUT2D eigenvalue weighted by Gasteiger charge is 2.16. The predicted molar refractivity (Wildman–Crippen MR) is 161 cm³/mol. The van der Waals surface area contributed by atoms with Crippen molar-refractivity contribution in [3.8, 4) is 23.0 Å². The first-order chi connectivity index (χ1) is 19.5. The molecule has 0 bridgehead atoms. The monoisotopic (exact) mass is 612 g/mol. The number of halogens is 2. The van der Waals surface area contributed by atoms with Crippen molar-refractivity contribution in [2.45, 2.75) is 25.4 Å². The van der Waals surface area contributed by atoms with Gasteiger partial charge in [-0.2, -0.15) is 0 Å². The van der Waals surface area contributed by atoms with Gasteiger partial charge in [0.05, 0.1) is 21.6 Å². The highest BCUT2D eigenvalue weighted by atomic mass is 35.5. The number of rotatable bonds is 10. The van der Waals surface area contributed by atoms with E-state index in [4.69, 9.17) is 32.7 Å². The molecule has 4 aromatic carbocycles. The molecule has 2 N–H and O–H groups in total. The number of carbonyl (C=O) groups is 2. The van der Waals surface area contributed by atoms with Crippen LogP contribution in [0.25, 0.3) is 0 Å². The van der Waals surface area contributed by atoms with Crippen LogP contribution < -0.4 is 20.1 Å². The maximum atomic E-state index is 13.0. The van der Waals surface area contributed by atoms with Gasteiger partial charge in [0.2, 0.25) is 11.8 Å². The molecular weight excluding hydrogens is 587 g/mol. The zero-order chi connectivity index (χ0) is 29.6. The average Bonchev–Trinajstić information content (AvgIpc) is 2.88. The summed E-state index contributed by atoms with van der Waals surface area (Å²) in [7, 11) is -3.56. The summed E-state index contributed by atoms with van der Waals surface area (Å²) in [4.78, 5) is 22.3. The highest BCUT2D eigenvalue weighted by molar-refractivity contribution is 7.89. The van der Waals surface area contributed by atoms with Crippen molar-refractivity contribution in [2.24, 2.45) is 0 Å². The van der Waals surface area contributed by atoms with Crippen LogP contribution in [0.2, 0.25) is 10.0 Å². The standard InChI is InChI=1S/C30H26Cl2N2O6S/c1-19(35)33-23-5-9-25(10-6-23)39-29-13-3-21(15-27(29)31)17-41(37,38)18-22-4-14-30(28(32)16-22)40-26-11-7-24(8-12-26)34-20(2)36/h3-16H,17-18H2,1-2H3,(H,33,35)(H,34,36). The van der Waals surface area contributed by atoms with Crippen LogP contribution in [0.4, 0.5) is 11.4 Å². The van der Waals surface area contributed by atoms with Crippen LogP contribution in [-0.2, 0) is 30.9 Å². The zero-order valence-corrected chi connectivity index (χ0v) is 24.4. The van der Waals surface area contributed by atoms with Crippen LogP contribution in [0.1, 0.15) is 25.0 Å². The van der Waals surface area contributed by atoms with Crippen molar-refractivity contribution in [3.05, 3.63) is 106 Å². The molecule has 0 atom stereocenters. The maximum absolute atomic E-state index is 13.0. The Kier molecular flexibility index (Phi) is 9.54.